The molecule has 17 heteroatoms. The summed E-state index contributed by atoms with van der Waals surface area (Å²) in [6, 6.07) is 35.8. The molecule has 0 radical (unpaired) electrons. The molecule has 65 heavy (non-hydrogen) atoms. The maximum Gasteiger partial charge on any atom is 0.409 e. The van der Waals surface area contributed by atoms with Crippen LogP contribution in [0.1, 0.15) is 63.5 Å². The first-order valence-electron chi connectivity index (χ1n) is 21.4. The largest absolute Gasteiger partial charge is 0.497 e. The number of aromatic nitrogens is 4. The number of nitriles is 1. The molecule has 1 N–H and O–H groups in total. The van der Waals surface area contributed by atoms with Crippen molar-refractivity contribution in [3.05, 3.63) is 139 Å². The summed E-state index contributed by atoms with van der Waals surface area (Å²) in [7, 11) is -0.879. The molecule has 0 bridgehead atoms. The molecule has 2 aromatic heterocycles. The van der Waals surface area contributed by atoms with E-state index in [1.807, 2.05) is 125 Å². The van der Waals surface area contributed by atoms with Gasteiger partial charge < -0.3 is 29.0 Å². The second-order valence-electron chi connectivity index (χ2n) is 15.8. The highest BCUT2D eigenvalue weighted by atomic mass is 31.2. The number of carbonyl (C=O) groups excluding carboxylic acids is 1. The Morgan fingerprint density at radius 2 is 1.46 bits per heavy atom. The third-order valence-corrected chi connectivity index (χ3v) is 13.5. The second kappa shape index (κ2) is 21.2. The lowest BCUT2D eigenvalue weighted by molar-refractivity contribution is -0.118. The molecule has 1 fully saturated rings. The number of rotatable bonds is 21. The van der Waals surface area contributed by atoms with Crippen LogP contribution < -0.4 is 19.5 Å². The number of anilines is 1. The van der Waals surface area contributed by atoms with Gasteiger partial charge in [-0.2, -0.15) is 5.26 Å². The Morgan fingerprint density at radius 1 is 0.862 bits per heavy atom. The van der Waals surface area contributed by atoms with E-state index in [9.17, 15) is 10.1 Å². The third-order valence-electron chi connectivity index (χ3n) is 10.9. The number of benzene rings is 4. The first-order valence-corrected chi connectivity index (χ1v) is 22.9. The molecule has 0 saturated carbocycles. The summed E-state index contributed by atoms with van der Waals surface area (Å²) in [6.45, 7) is 7.23. The smallest absolute Gasteiger partial charge is 0.409 e. The lowest BCUT2D eigenvalue weighted by Crippen LogP contribution is -2.40. The molecule has 1 unspecified atom stereocenters. The zero-order valence-corrected chi connectivity index (χ0v) is 38.2. The van der Waals surface area contributed by atoms with Crippen LogP contribution in [0, 0.1) is 11.3 Å². The number of imidazole rings is 1. The molecule has 1 aliphatic rings. The number of nitrogens with one attached hydrogen (secondary N) is 1. The number of amides is 1. The zero-order chi connectivity index (χ0) is 46.0. The summed E-state index contributed by atoms with van der Waals surface area (Å²) < 4.78 is 62.4. The van der Waals surface area contributed by atoms with Gasteiger partial charge in [0.05, 0.1) is 46.3 Å². The lowest BCUT2D eigenvalue weighted by atomic mass is 9.80. The van der Waals surface area contributed by atoms with Crippen LogP contribution in [-0.2, 0) is 33.5 Å². The number of para-hydroxylation sites is 1. The zero-order valence-electron chi connectivity index (χ0n) is 37.3. The Balaban J connectivity index is 1.27. The highest BCUT2D eigenvalue weighted by Gasteiger charge is 2.48. The van der Waals surface area contributed by atoms with E-state index in [2.05, 4.69) is 26.3 Å². The predicted molar refractivity (Wildman–Crippen MR) is 243 cm³/mol. The number of hydrogen-bond donors (Lipinski definition) is 1. The minimum atomic E-state index is -4.11. The van der Waals surface area contributed by atoms with Gasteiger partial charge in [0, 0.05) is 18.5 Å². The Morgan fingerprint density at radius 3 is 2.05 bits per heavy atom. The van der Waals surface area contributed by atoms with Gasteiger partial charge in [-0.15, -0.1) is 0 Å². The second-order valence-corrected chi connectivity index (χ2v) is 17.7. The van der Waals surface area contributed by atoms with Crippen molar-refractivity contribution in [3.8, 4) is 23.3 Å². The van der Waals surface area contributed by atoms with Gasteiger partial charge in [0.1, 0.15) is 47.6 Å². The van der Waals surface area contributed by atoms with E-state index in [0.717, 1.165) is 16.7 Å². The average Bonchev–Trinajstić information content (AvgIpc) is 3.93. The van der Waals surface area contributed by atoms with E-state index in [0.29, 0.717) is 28.4 Å². The number of ether oxygens (including phenoxy) is 5. The topological polar surface area (TPSA) is 181 Å². The van der Waals surface area contributed by atoms with Crippen LogP contribution in [0.5, 0.6) is 17.2 Å². The first-order chi connectivity index (χ1) is 31.5. The van der Waals surface area contributed by atoms with Crippen molar-refractivity contribution in [2.75, 3.05) is 39.4 Å². The third kappa shape index (κ3) is 10.5. The number of fused-ring (bicyclic) bond motifs is 1. The van der Waals surface area contributed by atoms with Crippen LogP contribution in [-0.4, -0.2) is 88.4 Å². The minimum absolute atomic E-state index is 0.00894. The highest BCUT2D eigenvalue weighted by molar-refractivity contribution is 7.51. The molecule has 1 amide bonds. The monoisotopic (exact) mass is 903 g/mol. The highest BCUT2D eigenvalue weighted by Crippen LogP contribution is 2.57. The van der Waals surface area contributed by atoms with Gasteiger partial charge in [0.2, 0.25) is 0 Å². The van der Waals surface area contributed by atoms with E-state index in [4.69, 9.17) is 32.7 Å². The quantitative estimate of drug-likeness (QED) is 0.0411. The van der Waals surface area contributed by atoms with E-state index in [1.54, 1.807) is 41.9 Å². The summed E-state index contributed by atoms with van der Waals surface area (Å²) >= 11 is 0. The molecule has 16 nitrogen and oxygen atoms in total. The Hall–Kier alpha value is -6.18. The molecule has 340 valence electrons. The van der Waals surface area contributed by atoms with Crippen LogP contribution in [0.2, 0.25) is 0 Å². The van der Waals surface area contributed by atoms with Crippen LogP contribution in [0.15, 0.2) is 122 Å². The van der Waals surface area contributed by atoms with Gasteiger partial charge in [-0.25, -0.2) is 24.2 Å². The number of methoxy groups -OCH3 is 2. The van der Waals surface area contributed by atoms with Crippen molar-refractivity contribution in [2.45, 2.75) is 76.7 Å². The van der Waals surface area contributed by atoms with Gasteiger partial charge in [0.15, 0.2) is 23.6 Å². The fourth-order valence-electron chi connectivity index (χ4n) is 8.09. The summed E-state index contributed by atoms with van der Waals surface area (Å²) in [5, 5.41) is 12.2. The lowest BCUT2D eigenvalue weighted by Gasteiger charge is -2.39. The molecule has 1 aliphatic heterocycles. The Kier molecular flexibility index (Phi) is 15.3. The number of hydrogen-bond acceptors (Lipinski definition) is 13. The van der Waals surface area contributed by atoms with Crippen molar-refractivity contribution < 1.29 is 42.1 Å². The molecule has 4 atom stereocenters. The summed E-state index contributed by atoms with van der Waals surface area (Å²) in [6.07, 6.45) is 0.538. The summed E-state index contributed by atoms with van der Waals surface area (Å²) in [5.74, 6) is 1.65. The Labute approximate surface area is 379 Å². The maximum atomic E-state index is 15.2. The van der Waals surface area contributed by atoms with Crippen LogP contribution >= 0.6 is 7.75 Å². The summed E-state index contributed by atoms with van der Waals surface area (Å²) in [4.78, 5) is 26.5. The molecule has 4 aromatic carbocycles. The minimum Gasteiger partial charge on any atom is -0.497 e. The summed E-state index contributed by atoms with van der Waals surface area (Å²) in [5.41, 5.74) is 1.92. The predicted octanol–water partition coefficient (Wildman–Crippen LogP) is 8.70. The van der Waals surface area contributed by atoms with Crippen LogP contribution in [0.25, 0.3) is 11.2 Å². The molecule has 7 rings (SSSR count). The van der Waals surface area contributed by atoms with Gasteiger partial charge in [-0.05, 0) is 80.8 Å². The van der Waals surface area contributed by atoms with Crippen molar-refractivity contribution in [1.29, 1.82) is 5.26 Å². The van der Waals surface area contributed by atoms with Crippen LogP contribution in [0.4, 0.5) is 5.82 Å². The molecule has 1 saturated heterocycles. The SMILES string of the molecule is COc1ccc(C(OC[C@H]2O[C@@H](n3cnc4c(NC(=O)COc5ccccc5)ncnc43)C[C@@H]2OP(=O)(OCCC#N)N(C(C)C)C(C)C)(c2ccccc2)c2ccc(OC)cc2)cc1. The van der Waals surface area contributed by atoms with Gasteiger partial charge in [0.25, 0.3) is 5.91 Å². The normalized spacial score (nSPS) is 17.3. The molecule has 0 aliphatic carbocycles. The average molecular weight is 904 g/mol. The van der Waals surface area contributed by atoms with E-state index < -0.39 is 37.7 Å². The molecular formula is C48H54N7O9P. The first kappa shape index (κ1) is 46.8. The van der Waals surface area contributed by atoms with Crippen molar-refractivity contribution >= 4 is 30.6 Å². The maximum absolute atomic E-state index is 15.2. The molecular weight excluding hydrogens is 850 g/mol. The van der Waals surface area contributed by atoms with Crippen molar-refractivity contribution in [3.63, 3.8) is 0 Å². The Bertz CT molecular complexity index is 2520. The molecule has 6 aromatic rings. The fourth-order valence-corrected chi connectivity index (χ4v) is 10.4. The van der Waals surface area contributed by atoms with Gasteiger partial charge >= 0.3 is 7.75 Å². The van der Waals surface area contributed by atoms with Crippen molar-refractivity contribution in [2.24, 2.45) is 0 Å². The van der Waals surface area contributed by atoms with E-state index in [1.165, 1.54) is 6.33 Å². The van der Waals surface area contributed by atoms with Crippen molar-refractivity contribution in [1.82, 2.24) is 24.2 Å². The van der Waals surface area contributed by atoms with Gasteiger partial charge in [-0.3, -0.25) is 18.4 Å². The fraction of sp³-hybridized carbons (Fsp3) is 0.354. The standard InChI is InChI=1S/C48H54N7O9P/c1-33(2)55(34(3)4)65(57,62-27-13-26-49)64-41-28-44(54-32-52-45-46(50-31-51-47(45)54)53-43(56)30-60-40-16-11-8-12-17-40)63-42(41)29-61-48(35-14-9-7-10-15-35,36-18-22-38(58-5)23-19-36)37-20-24-39(59-6)25-21-37/h7-12,14-25,31-34,41-42,44H,13,27-30H2,1-6H3,(H,50,51,53,56)/t41-,42+,44+,65?/m0/s1. The van der Waals surface area contributed by atoms with Crippen LogP contribution in [0.3, 0.4) is 0 Å². The molecule has 0 spiro atoms. The van der Waals surface area contributed by atoms with E-state index in [-0.39, 0.29) is 50.6 Å². The number of nitrogens with zero attached hydrogens (tertiary/aromatic N) is 6. The van der Waals surface area contributed by atoms with Gasteiger partial charge in [-0.1, -0.05) is 72.8 Å². The molecule has 3 heterocycles. The van der Waals surface area contributed by atoms with E-state index >= 15 is 4.57 Å². The number of carbonyl (C=O) groups is 1.